The summed E-state index contributed by atoms with van der Waals surface area (Å²) in [7, 11) is 0. The van der Waals surface area contributed by atoms with Crippen LogP contribution in [0.1, 0.15) is 39.5 Å². The maximum absolute atomic E-state index is 12.7. The zero-order valence-electron chi connectivity index (χ0n) is 17.2. The van der Waals surface area contributed by atoms with E-state index in [1.54, 1.807) is 4.90 Å². The Morgan fingerprint density at radius 1 is 1.34 bits per heavy atom. The fraction of sp³-hybridized carbons (Fsp3) is 0.524. The lowest BCUT2D eigenvalue weighted by Gasteiger charge is -2.36. The number of carbonyl (C=O) groups is 2. The van der Waals surface area contributed by atoms with E-state index in [-0.39, 0.29) is 18.2 Å². The van der Waals surface area contributed by atoms with Crippen LogP contribution < -0.4 is 10.1 Å². The monoisotopic (exact) mass is 400 g/mol. The highest BCUT2D eigenvalue weighted by atomic mass is 16.5. The lowest BCUT2D eigenvalue weighted by Crippen LogP contribution is -2.57. The number of amides is 2. The summed E-state index contributed by atoms with van der Waals surface area (Å²) in [6, 6.07) is 7.04. The summed E-state index contributed by atoms with van der Waals surface area (Å²) < 4.78 is 10.7. The minimum Gasteiger partial charge on any atom is -0.494 e. The van der Waals surface area contributed by atoms with Gasteiger partial charge >= 0.3 is 0 Å². The number of rotatable bonds is 8. The third-order valence-corrected chi connectivity index (χ3v) is 4.79. The zero-order valence-corrected chi connectivity index (χ0v) is 17.2. The SMILES string of the molecule is CCOc1ccc(-c2noc(CCC(=O)N3CCNC(=O)[C@@H]3CC(C)C)n2)cc1. The van der Waals surface area contributed by atoms with Crippen molar-refractivity contribution in [3.8, 4) is 17.1 Å². The Bertz CT molecular complexity index is 831. The van der Waals surface area contributed by atoms with E-state index >= 15 is 0 Å². The van der Waals surface area contributed by atoms with E-state index in [0.717, 1.165) is 11.3 Å². The minimum absolute atomic E-state index is 0.0636. The highest BCUT2D eigenvalue weighted by Gasteiger charge is 2.33. The van der Waals surface area contributed by atoms with Crippen molar-refractivity contribution in [1.29, 1.82) is 0 Å². The van der Waals surface area contributed by atoms with Crippen molar-refractivity contribution in [3.05, 3.63) is 30.2 Å². The molecular weight excluding hydrogens is 372 g/mol. The number of ether oxygens (including phenoxy) is 1. The van der Waals surface area contributed by atoms with Crippen LogP contribution in [0.2, 0.25) is 0 Å². The van der Waals surface area contributed by atoms with Crippen LogP contribution in [-0.2, 0) is 16.0 Å². The quantitative estimate of drug-likeness (QED) is 0.731. The normalized spacial score (nSPS) is 16.8. The van der Waals surface area contributed by atoms with Crippen molar-refractivity contribution < 1.29 is 18.8 Å². The van der Waals surface area contributed by atoms with E-state index in [4.69, 9.17) is 9.26 Å². The van der Waals surface area contributed by atoms with Gasteiger partial charge in [0.15, 0.2) is 0 Å². The number of carbonyl (C=O) groups excluding carboxylic acids is 2. The molecule has 0 saturated carbocycles. The summed E-state index contributed by atoms with van der Waals surface area (Å²) in [5.74, 6) is 1.86. The number of aryl methyl sites for hydroxylation is 1. The van der Waals surface area contributed by atoms with Crippen LogP contribution in [0.5, 0.6) is 5.75 Å². The zero-order chi connectivity index (χ0) is 20.8. The first-order valence-corrected chi connectivity index (χ1v) is 10.1. The first-order valence-electron chi connectivity index (χ1n) is 10.1. The molecular formula is C21H28N4O4. The Kier molecular flexibility index (Phi) is 6.85. The average Bonchev–Trinajstić information content (AvgIpc) is 3.17. The Hall–Kier alpha value is -2.90. The summed E-state index contributed by atoms with van der Waals surface area (Å²) in [6.45, 7) is 7.65. The molecule has 3 rings (SSSR count). The van der Waals surface area contributed by atoms with Crippen LogP contribution >= 0.6 is 0 Å². The van der Waals surface area contributed by atoms with Crippen molar-refractivity contribution in [2.45, 2.75) is 46.1 Å². The molecule has 1 aromatic carbocycles. The molecule has 1 N–H and O–H groups in total. The number of nitrogens with zero attached hydrogens (tertiary/aromatic N) is 3. The summed E-state index contributed by atoms with van der Waals surface area (Å²) in [5.41, 5.74) is 0.819. The highest BCUT2D eigenvalue weighted by Crippen LogP contribution is 2.21. The number of aromatic nitrogens is 2. The fourth-order valence-electron chi connectivity index (χ4n) is 3.39. The molecule has 2 amide bonds. The van der Waals surface area contributed by atoms with Crippen molar-refractivity contribution in [2.75, 3.05) is 19.7 Å². The molecule has 2 aromatic rings. The molecule has 0 spiro atoms. The predicted octanol–water partition coefficient (Wildman–Crippen LogP) is 2.44. The van der Waals surface area contributed by atoms with Gasteiger partial charge in [0.2, 0.25) is 23.5 Å². The summed E-state index contributed by atoms with van der Waals surface area (Å²) in [5, 5.41) is 6.85. The van der Waals surface area contributed by atoms with E-state index in [0.29, 0.717) is 50.2 Å². The molecule has 0 bridgehead atoms. The molecule has 1 fully saturated rings. The van der Waals surface area contributed by atoms with Crippen molar-refractivity contribution in [1.82, 2.24) is 20.4 Å². The molecule has 1 aromatic heterocycles. The third kappa shape index (κ3) is 5.34. The van der Waals surface area contributed by atoms with Crippen LogP contribution in [-0.4, -0.2) is 52.6 Å². The molecule has 0 radical (unpaired) electrons. The molecule has 156 valence electrons. The van der Waals surface area contributed by atoms with E-state index in [9.17, 15) is 9.59 Å². The van der Waals surface area contributed by atoms with Gasteiger partial charge in [0.05, 0.1) is 6.61 Å². The fourth-order valence-corrected chi connectivity index (χ4v) is 3.39. The Labute approximate surface area is 170 Å². The minimum atomic E-state index is -0.404. The molecule has 1 atom stereocenters. The molecule has 1 aliphatic heterocycles. The molecule has 1 aliphatic rings. The average molecular weight is 400 g/mol. The summed E-state index contributed by atoms with van der Waals surface area (Å²) in [4.78, 5) is 31.0. The van der Waals surface area contributed by atoms with Crippen molar-refractivity contribution in [3.63, 3.8) is 0 Å². The van der Waals surface area contributed by atoms with Crippen molar-refractivity contribution >= 4 is 11.8 Å². The third-order valence-electron chi connectivity index (χ3n) is 4.79. The second kappa shape index (κ2) is 9.54. The molecule has 29 heavy (non-hydrogen) atoms. The van der Waals surface area contributed by atoms with Gasteiger partial charge in [-0.15, -0.1) is 0 Å². The van der Waals surface area contributed by atoms with Gasteiger partial charge < -0.3 is 19.5 Å². The van der Waals surface area contributed by atoms with Crippen LogP contribution in [0.15, 0.2) is 28.8 Å². The smallest absolute Gasteiger partial charge is 0.242 e. The summed E-state index contributed by atoms with van der Waals surface area (Å²) in [6.07, 6.45) is 1.22. The molecule has 0 unspecified atom stereocenters. The van der Waals surface area contributed by atoms with E-state index in [2.05, 4.69) is 15.5 Å². The van der Waals surface area contributed by atoms with E-state index in [1.165, 1.54) is 0 Å². The molecule has 1 saturated heterocycles. The Morgan fingerprint density at radius 3 is 2.79 bits per heavy atom. The highest BCUT2D eigenvalue weighted by molar-refractivity contribution is 5.88. The topological polar surface area (TPSA) is 97.6 Å². The van der Waals surface area contributed by atoms with Gasteiger partial charge in [0.1, 0.15) is 11.8 Å². The van der Waals surface area contributed by atoms with Crippen LogP contribution in [0, 0.1) is 5.92 Å². The van der Waals surface area contributed by atoms with Crippen LogP contribution in [0.4, 0.5) is 0 Å². The van der Waals surface area contributed by atoms with Crippen LogP contribution in [0.25, 0.3) is 11.4 Å². The maximum atomic E-state index is 12.7. The molecule has 0 aliphatic carbocycles. The first-order chi connectivity index (χ1) is 14.0. The second-order valence-electron chi connectivity index (χ2n) is 7.49. The molecule has 8 nitrogen and oxygen atoms in total. The van der Waals surface area contributed by atoms with Gasteiger partial charge in [0, 0.05) is 31.5 Å². The number of benzene rings is 1. The van der Waals surface area contributed by atoms with Gasteiger partial charge in [-0.05, 0) is 43.5 Å². The van der Waals surface area contributed by atoms with Crippen LogP contribution in [0.3, 0.4) is 0 Å². The van der Waals surface area contributed by atoms with Gasteiger partial charge in [-0.25, -0.2) is 0 Å². The van der Waals surface area contributed by atoms with Gasteiger partial charge in [-0.2, -0.15) is 4.98 Å². The number of nitrogens with one attached hydrogen (secondary N) is 1. The molecule has 8 heteroatoms. The molecule has 2 heterocycles. The largest absolute Gasteiger partial charge is 0.494 e. The standard InChI is InChI=1S/C21H28N4O4/c1-4-28-16-7-5-15(6-8-16)20-23-18(29-24-20)9-10-19(26)25-12-11-22-21(27)17(25)13-14(2)3/h5-8,14,17H,4,9-13H2,1-3H3,(H,22,27)/t17-/m0/s1. The van der Waals surface area contributed by atoms with Gasteiger partial charge in [0.25, 0.3) is 0 Å². The Morgan fingerprint density at radius 2 is 2.10 bits per heavy atom. The Balaban J connectivity index is 1.59. The number of piperazine rings is 1. The lowest BCUT2D eigenvalue weighted by atomic mass is 9.99. The summed E-state index contributed by atoms with van der Waals surface area (Å²) >= 11 is 0. The van der Waals surface area contributed by atoms with Crippen molar-refractivity contribution in [2.24, 2.45) is 5.92 Å². The van der Waals surface area contributed by atoms with E-state index < -0.39 is 6.04 Å². The number of hydrogen-bond donors (Lipinski definition) is 1. The first kappa shape index (κ1) is 20.8. The van der Waals surface area contributed by atoms with Gasteiger partial charge in [-0.1, -0.05) is 19.0 Å². The second-order valence-corrected chi connectivity index (χ2v) is 7.49. The predicted molar refractivity (Wildman–Crippen MR) is 107 cm³/mol. The number of hydrogen-bond acceptors (Lipinski definition) is 6. The van der Waals surface area contributed by atoms with Gasteiger partial charge in [-0.3, -0.25) is 9.59 Å². The van der Waals surface area contributed by atoms with E-state index in [1.807, 2.05) is 45.0 Å². The lowest BCUT2D eigenvalue weighted by molar-refractivity contribution is -0.143. The maximum Gasteiger partial charge on any atom is 0.242 e.